The maximum absolute atomic E-state index is 12.2. The highest BCUT2D eigenvalue weighted by Gasteiger charge is 2.24. The second-order valence-electron chi connectivity index (χ2n) is 7.43. The highest BCUT2D eigenvalue weighted by Crippen LogP contribution is 2.20. The molecule has 0 aliphatic carbocycles. The molecule has 3 aromatic carbocycles. The van der Waals surface area contributed by atoms with E-state index in [4.69, 9.17) is 17.4 Å². The number of hydrazine groups is 1. The van der Waals surface area contributed by atoms with Crippen LogP contribution in [-0.2, 0) is 0 Å². The number of rotatable bonds is 3. The zero-order chi connectivity index (χ0) is 21.4. The summed E-state index contributed by atoms with van der Waals surface area (Å²) >= 11 is 5.16. The summed E-state index contributed by atoms with van der Waals surface area (Å²) in [5.74, 6) is 5.69. The van der Waals surface area contributed by atoms with Crippen LogP contribution in [0.3, 0.4) is 0 Å². The second kappa shape index (κ2) is 13.1. The third kappa shape index (κ3) is 8.72. The van der Waals surface area contributed by atoms with E-state index in [2.05, 4.69) is 0 Å². The molecule has 2 N–H and O–H groups in total. The van der Waals surface area contributed by atoms with Gasteiger partial charge in [-0.2, -0.15) is 0 Å². The number of hydrogen-bond donors (Lipinski definition) is 1. The van der Waals surface area contributed by atoms with Crippen molar-refractivity contribution in [1.82, 2.24) is 5.01 Å². The summed E-state index contributed by atoms with van der Waals surface area (Å²) in [4.78, 5) is 22.7. The van der Waals surface area contributed by atoms with E-state index in [1.807, 2.05) is 81.4 Å². The van der Waals surface area contributed by atoms with Crippen molar-refractivity contribution in [2.24, 2.45) is 5.84 Å². The van der Waals surface area contributed by atoms with Gasteiger partial charge < -0.3 is 0 Å². The summed E-state index contributed by atoms with van der Waals surface area (Å²) in [6.45, 7) is 5.72. The van der Waals surface area contributed by atoms with Crippen molar-refractivity contribution in [2.45, 2.75) is 26.3 Å². The Morgan fingerprint density at radius 3 is 1.52 bits per heavy atom. The minimum Gasteiger partial charge on any atom is -0.276 e. The fourth-order valence-corrected chi connectivity index (χ4v) is 2.57. The lowest BCUT2D eigenvalue weighted by atomic mass is 10.0. The monoisotopic (exact) mass is 480 g/mol. The molecule has 0 atom stereocenters. The largest absolute Gasteiger partial charge is 0.276 e. The first-order valence-corrected chi connectivity index (χ1v) is 9.57. The molecule has 3 rings (SSSR count). The zero-order valence-electron chi connectivity index (χ0n) is 17.6. The maximum Gasteiger partial charge on any atom is 0.268 e. The fourth-order valence-electron chi connectivity index (χ4n) is 2.45. The molecule has 0 bridgehead atoms. The number of benzene rings is 3. The maximum atomic E-state index is 12.2. The highest BCUT2D eigenvalue weighted by molar-refractivity contribution is 6.67. The van der Waals surface area contributed by atoms with Crippen molar-refractivity contribution >= 4 is 47.6 Å². The standard InChI is InChI=1S/C17H20N2O.C7H5ClO.2ClH/c1-17(2,3)19(18)16(20)15-11-9-14(10-12-15)13-7-5-4-6-8-13;8-7(9)6-4-2-1-3-5-6;;/h4-12H,18H2,1-3H3;1-5H;2*1H. The van der Waals surface area contributed by atoms with Gasteiger partial charge in [0.05, 0.1) is 5.54 Å². The summed E-state index contributed by atoms with van der Waals surface area (Å²) in [6.07, 6.45) is 0. The van der Waals surface area contributed by atoms with E-state index >= 15 is 0 Å². The van der Waals surface area contributed by atoms with Crippen LogP contribution in [0.4, 0.5) is 0 Å². The number of nitrogens with two attached hydrogens (primary N) is 1. The molecule has 31 heavy (non-hydrogen) atoms. The molecule has 0 spiro atoms. The van der Waals surface area contributed by atoms with E-state index in [-0.39, 0.29) is 30.7 Å². The molecular weight excluding hydrogens is 455 g/mol. The number of hydrogen-bond acceptors (Lipinski definition) is 3. The van der Waals surface area contributed by atoms with Gasteiger partial charge in [0.2, 0.25) is 0 Å². The number of carbonyl (C=O) groups is 2. The average Bonchev–Trinajstić information content (AvgIpc) is 2.74. The van der Waals surface area contributed by atoms with Gasteiger partial charge in [-0.1, -0.05) is 72.8 Å². The van der Waals surface area contributed by atoms with E-state index in [1.165, 1.54) is 5.01 Å². The molecule has 0 radical (unpaired) electrons. The molecule has 166 valence electrons. The van der Waals surface area contributed by atoms with Crippen molar-refractivity contribution < 1.29 is 9.59 Å². The Morgan fingerprint density at radius 2 is 1.13 bits per heavy atom. The number of carbonyl (C=O) groups excluding carboxylic acids is 2. The van der Waals surface area contributed by atoms with Crippen molar-refractivity contribution in [1.29, 1.82) is 0 Å². The van der Waals surface area contributed by atoms with Crippen molar-refractivity contribution in [3.05, 3.63) is 96.1 Å². The molecule has 1 amide bonds. The molecular formula is C24H27Cl3N2O2. The minimum absolute atomic E-state index is 0. The molecule has 0 aromatic heterocycles. The molecule has 0 unspecified atom stereocenters. The van der Waals surface area contributed by atoms with Crippen LogP contribution in [0.25, 0.3) is 11.1 Å². The lowest BCUT2D eigenvalue weighted by molar-refractivity contribution is 0.0582. The van der Waals surface area contributed by atoms with Crippen LogP contribution < -0.4 is 5.84 Å². The van der Waals surface area contributed by atoms with E-state index in [0.29, 0.717) is 11.1 Å². The van der Waals surface area contributed by atoms with Crippen LogP contribution in [-0.4, -0.2) is 21.7 Å². The molecule has 0 saturated carbocycles. The molecule has 3 aromatic rings. The quantitative estimate of drug-likeness (QED) is 0.204. The first-order valence-electron chi connectivity index (χ1n) is 9.20. The van der Waals surface area contributed by atoms with Gasteiger partial charge in [0.1, 0.15) is 0 Å². The topological polar surface area (TPSA) is 63.4 Å². The number of nitrogens with zero attached hydrogens (tertiary/aromatic N) is 1. The Labute approximate surface area is 201 Å². The van der Waals surface area contributed by atoms with Crippen molar-refractivity contribution in [2.75, 3.05) is 0 Å². The van der Waals surface area contributed by atoms with E-state index in [0.717, 1.165) is 11.1 Å². The third-order valence-corrected chi connectivity index (χ3v) is 4.40. The number of halogens is 3. The van der Waals surface area contributed by atoms with E-state index < -0.39 is 10.8 Å². The normalized spacial score (nSPS) is 9.84. The predicted molar refractivity (Wildman–Crippen MR) is 133 cm³/mol. The van der Waals surface area contributed by atoms with Crippen LogP contribution in [0.15, 0.2) is 84.9 Å². The Kier molecular flexibility index (Phi) is 12.1. The Morgan fingerprint density at radius 1 is 0.710 bits per heavy atom. The Balaban J connectivity index is 0.000000695. The smallest absolute Gasteiger partial charge is 0.268 e. The Bertz CT molecular complexity index is 942. The predicted octanol–water partition coefficient (Wildman–Crippen LogP) is 6.38. The van der Waals surface area contributed by atoms with Crippen molar-refractivity contribution in [3.63, 3.8) is 0 Å². The van der Waals surface area contributed by atoms with Gasteiger partial charge in [-0.25, -0.2) is 5.84 Å². The van der Waals surface area contributed by atoms with E-state index in [1.54, 1.807) is 24.3 Å². The zero-order valence-corrected chi connectivity index (χ0v) is 20.0. The van der Waals surface area contributed by atoms with Gasteiger partial charge in [-0.05, 0) is 55.6 Å². The van der Waals surface area contributed by atoms with Crippen molar-refractivity contribution in [3.8, 4) is 11.1 Å². The molecule has 0 fully saturated rings. The molecule has 0 aliphatic rings. The molecule has 4 nitrogen and oxygen atoms in total. The molecule has 0 saturated heterocycles. The van der Waals surface area contributed by atoms with Gasteiger partial charge in [-0.15, -0.1) is 24.8 Å². The van der Waals surface area contributed by atoms with E-state index in [9.17, 15) is 9.59 Å². The number of amides is 1. The first kappa shape index (κ1) is 28.6. The summed E-state index contributed by atoms with van der Waals surface area (Å²) < 4.78 is 0. The summed E-state index contributed by atoms with van der Waals surface area (Å²) in [6, 6.07) is 26.3. The molecule has 0 aliphatic heterocycles. The Hall–Kier alpha value is -2.37. The van der Waals surface area contributed by atoms with Crippen LogP contribution in [0.2, 0.25) is 0 Å². The van der Waals surface area contributed by atoms with Gasteiger partial charge in [-0.3, -0.25) is 14.6 Å². The van der Waals surface area contributed by atoms with Gasteiger partial charge >= 0.3 is 0 Å². The lowest BCUT2D eigenvalue weighted by Crippen LogP contribution is -2.50. The summed E-state index contributed by atoms with van der Waals surface area (Å²) in [7, 11) is 0. The second-order valence-corrected chi connectivity index (χ2v) is 7.77. The van der Waals surface area contributed by atoms with Crippen LogP contribution in [0.5, 0.6) is 0 Å². The van der Waals surface area contributed by atoms with Gasteiger partial charge in [0.25, 0.3) is 11.1 Å². The minimum atomic E-state index is -0.407. The van der Waals surface area contributed by atoms with Crippen LogP contribution in [0, 0.1) is 0 Å². The first-order chi connectivity index (χ1) is 13.7. The van der Waals surface area contributed by atoms with Crippen LogP contribution >= 0.6 is 36.4 Å². The SMILES string of the molecule is CC(C)(C)N(N)C(=O)c1ccc(-c2ccccc2)cc1.Cl.Cl.O=C(Cl)c1ccccc1. The molecule has 0 heterocycles. The lowest BCUT2D eigenvalue weighted by Gasteiger charge is -2.31. The summed E-state index contributed by atoms with van der Waals surface area (Å²) in [5, 5.41) is 0.862. The average molecular weight is 482 g/mol. The van der Waals surface area contributed by atoms with Crippen LogP contribution in [0.1, 0.15) is 41.5 Å². The highest BCUT2D eigenvalue weighted by atomic mass is 35.5. The summed E-state index contributed by atoms with van der Waals surface area (Å²) in [5.41, 5.74) is 2.96. The molecule has 7 heteroatoms. The third-order valence-electron chi connectivity index (χ3n) is 4.18. The van der Waals surface area contributed by atoms with Gasteiger partial charge in [0.15, 0.2) is 0 Å². The fraction of sp³-hybridized carbons (Fsp3) is 0.167. The van der Waals surface area contributed by atoms with Gasteiger partial charge in [0, 0.05) is 11.1 Å².